The Bertz CT molecular complexity index is 1650. The Hall–Kier alpha value is -3.88. The number of para-hydroxylation sites is 1. The summed E-state index contributed by atoms with van der Waals surface area (Å²) < 4.78 is 61.0. The highest BCUT2D eigenvalue weighted by atomic mass is 32.2. The molecule has 0 spiro atoms. The maximum atomic E-state index is 11.7. The molecule has 0 saturated heterocycles. The fourth-order valence-electron chi connectivity index (χ4n) is 4.44. The van der Waals surface area contributed by atoms with E-state index in [1.807, 2.05) is 54.9 Å². The number of aryl methyl sites for hydroxylation is 2. The fraction of sp³-hybridized carbons (Fsp3) is 0.267. The molecule has 0 bridgehead atoms. The second kappa shape index (κ2) is 14.1. The van der Waals surface area contributed by atoms with Crippen molar-refractivity contribution in [3.8, 4) is 5.69 Å². The van der Waals surface area contributed by atoms with Crippen molar-refractivity contribution in [3.63, 3.8) is 0 Å². The van der Waals surface area contributed by atoms with E-state index in [1.54, 1.807) is 30.6 Å². The molecule has 1 aliphatic carbocycles. The van der Waals surface area contributed by atoms with E-state index in [1.165, 1.54) is 24.3 Å². The predicted molar refractivity (Wildman–Crippen MR) is 161 cm³/mol. The highest BCUT2D eigenvalue weighted by Gasteiger charge is 2.62. The van der Waals surface area contributed by atoms with Crippen molar-refractivity contribution >= 4 is 26.2 Å². The lowest BCUT2D eigenvalue weighted by molar-refractivity contribution is -0.140. The predicted octanol–water partition coefficient (Wildman–Crippen LogP) is 4.44. The number of imidazole rings is 1. The van der Waals surface area contributed by atoms with E-state index in [9.17, 15) is 26.7 Å². The minimum absolute atomic E-state index is 0.0666. The van der Waals surface area contributed by atoms with Gasteiger partial charge < -0.3 is 15.4 Å². The average molecular weight is 630 g/mol. The number of aliphatic carboxylic acids is 1. The van der Waals surface area contributed by atoms with Crippen LogP contribution >= 0.6 is 0 Å². The van der Waals surface area contributed by atoms with Crippen LogP contribution in [0.1, 0.15) is 36.1 Å². The maximum absolute atomic E-state index is 11.7. The molecule has 1 aromatic heterocycles. The number of benzene rings is 3. The van der Waals surface area contributed by atoms with Crippen LogP contribution in [0.3, 0.4) is 0 Å². The van der Waals surface area contributed by atoms with Gasteiger partial charge in [-0.2, -0.15) is 16.8 Å². The monoisotopic (exact) mass is 629 g/mol. The molecular formula is C30H35N3O8S2. The molecule has 230 valence electrons. The first-order chi connectivity index (χ1) is 20.2. The van der Waals surface area contributed by atoms with E-state index in [0.29, 0.717) is 18.7 Å². The molecule has 4 aromatic rings. The van der Waals surface area contributed by atoms with Crippen molar-refractivity contribution < 1.29 is 35.8 Å². The normalized spacial score (nSPS) is 17.6. The molecule has 11 nitrogen and oxygen atoms in total. The molecule has 0 unspecified atom stereocenters. The standard InChI is InChI=1S/C16H19N3O2.2C7H8O3S/c17-8-4-5-12-9-16(12,15(20)21)14-10-19(11-18-14)13-6-2-1-3-7-13;2*1-6-2-4-7(5-3-6)11(8,9)10/h1-3,6-7,10-12H,4-5,8-9,17H2,(H,20,21);2*2-5H,1H3,(H,8,9,10)/t12-,16+;;/m0../s1. The first kappa shape index (κ1) is 33.6. The number of rotatable bonds is 8. The first-order valence-electron chi connectivity index (χ1n) is 13.3. The smallest absolute Gasteiger partial charge is 0.316 e. The van der Waals surface area contributed by atoms with Crippen LogP contribution in [0.4, 0.5) is 0 Å². The Morgan fingerprint density at radius 2 is 1.37 bits per heavy atom. The minimum atomic E-state index is -4.02. The van der Waals surface area contributed by atoms with Crippen LogP contribution in [-0.2, 0) is 30.4 Å². The summed E-state index contributed by atoms with van der Waals surface area (Å²) in [5.41, 5.74) is 8.26. The number of hydrogen-bond donors (Lipinski definition) is 4. The van der Waals surface area contributed by atoms with Gasteiger partial charge in [-0.3, -0.25) is 13.9 Å². The van der Waals surface area contributed by atoms with Crippen molar-refractivity contribution in [2.24, 2.45) is 11.7 Å². The average Bonchev–Trinajstić information content (AvgIpc) is 3.48. The third-order valence-electron chi connectivity index (χ3n) is 6.98. The molecule has 0 aliphatic heterocycles. The van der Waals surface area contributed by atoms with E-state index in [4.69, 9.17) is 14.8 Å². The Labute approximate surface area is 251 Å². The van der Waals surface area contributed by atoms with Gasteiger partial charge in [-0.25, -0.2) is 4.98 Å². The zero-order chi connectivity index (χ0) is 31.8. The van der Waals surface area contributed by atoms with Gasteiger partial charge in [0.05, 0.1) is 21.8 Å². The Morgan fingerprint density at radius 1 is 0.884 bits per heavy atom. The highest BCUT2D eigenvalue weighted by Crippen LogP contribution is 2.56. The number of carboxylic acids is 1. The lowest BCUT2D eigenvalue weighted by Crippen LogP contribution is -2.23. The van der Waals surface area contributed by atoms with Crippen LogP contribution in [0, 0.1) is 19.8 Å². The van der Waals surface area contributed by atoms with Gasteiger partial charge >= 0.3 is 5.97 Å². The van der Waals surface area contributed by atoms with Gasteiger partial charge in [-0.15, -0.1) is 0 Å². The number of nitrogens with zero attached hydrogens (tertiary/aromatic N) is 2. The first-order valence-corrected chi connectivity index (χ1v) is 16.2. The summed E-state index contributed by atoms with van der Waals surface area (Å²) in [6.45, 7) is 4.28. The van der Waals surface area contributed by atoms with E-state index < -0.39 is 31.6 Å². The molecule has 13 heteroatoms. The third-order valence-corrected chi connectivity index (χ3v) is 8.71. The molecule has 1 saturated carbocycles. The number of nitrogens with two attached hydrogens (primary N) is 1. The molecule has 3 aromatic carbocycles. The summed E-state index contributed by atoms with van der Waals surface area (Å²) in [6, 6.07) is 21.8. The van der Waals surface area contributed by atoms with Crippen molar-refractivity contribution in [1.82, 2.24) is 9.55 Å². The lowest BCUT2D eigenvalue weighted by Gasteiger charge is -2.09. The maximum Gasteiger partial charge on any atom is 0.316 e. The molecule has 5 N–H and O–H groups in total. The van der Waals surface area contributed by atoms with Crippen LogP contribution in [0.15, 0.2) is 101 Å². The van der Waals surface area contributed by atoms with Gasteiger partial charge in [-0.1, -0.05) is 53.6 Å². The van der Waals surface area contributed by atoms with Gasteiger partial charge in [-0.05, 0) is 82.0 Å². The van der Waals surface area contributed by atoms with Crippen LogP contribution in [0.5, 0.6) is 0 Å². The molecule has 5 rings (SSSR count). The van der Waals surface area contributed by atoms with Crippen LogP contribution < -0.4 is 5.73 Å². The van der Waals surface area contributed by atoms with Gasteiger partial charge in [0.15, 0.2) is 0 Å². The molecule has 2 atom stereocenters. The zero-order valence-corrected chi connectivity index (χ0v) is 25.4. The summed E-state index contributed by atoms with van der Waals surface area (Å²) in [7, 11) is -8.04. The summed E-state index contributed by atoms with van der Waals surface area (Å²) in [6.07, 6.45) is 5.90. The van der Waals surface area contributed by atoms with Crippen molar-refractivity contribution in [2.45, 2.75) is 48.3 Å². The molecule has 1 heterocycles. The number of aromatic nitrogens is 2. The van der Waals surface area contributed by atoms with Gasteiger partial charge in [0, 0.05) is 11.9 Å². The summed E-state index contributed by atoms with van der Waals surface area (Å²) in [5.74, 6) is -0.625. The van der Waals surface area contributed by atoms with Crippen molar-refractivity contribution in [3.05, 3.63) is 108 Å². The zero-order valence-electron chi connectivity index (χ0n) is 23.7. The fourth-order valence-corrected chi connectivity index (χ4v) is 5.40. The van der Waals surface area contributed by atoms with Crippen LogP contribution in [0.25, 0.3) is 5.69 Å². The second-order valence-electron chi connectivity index (χ2n) is 10.2. The quantitative estimate of drug-likeness (QED) is 0.203. The summed E-state index contributed by atoms with van der Waals surface area (Å²) in [4.78, 5) is 15.9. The molecule has 0 amide bonds. The number of hydrogen-bond acceptors (Lipinski definition) is 7. The Kier molecular flexibility index (Phi) is 11.0. The van der Waals surface area contributed by atoms with Crippen LogP contribution in [0.2, 0.25) is 0 Å². The third kappa shape index (κ3) is 9.05. The van der Waals surface area contributed by atoms with Gasteiger partial charge in [0.1, 0.15) is 5.41 Å². The summed E-state index contributed by atoms with van der Waals surface area (Å²) >= 11 is 0. The van der Waals surface area contributed by atoms with Crippen LogP contribution in [-0.4, -0.2) is 53.1 Å². The van der Waals surface area contributed by atoms with E-state index in [-0.39, 0.29) is 15.7 Å². The topological polar surface area (TPSA) is 190 Å². The van der Waals surface area contributed by atoms with E-state index >= 15 is 0 Å². The minimum Gasteiger partial charge on any atom is -0.481 e. The Balaban J connectivity index is 0.000000195. The number of carboxylic acid groups (broad SMARTS) is 1. The van der Waals surface area contributed by atoms with Crippen molar-refractivity contribution in [1.29, 1.82) is 0 Å². The van der Waals surface area contributed by atoms with E-state index in [0.717, 1.165) is 29.7 Å². The molecule has 0 radical (unpaired) electrons. The van der Waals surface area contributed by atoms with Gasteiger partial charge in [0.25, 0.3) is 20.2 Å². The summed E-state index contributed by atoms with van der Waals surface area (Å²) in [5, 5.41) is 9.63. The molecule has 1 aliphatic rings. The largest absolute Gasteiger partial charge is 0.481 e. The highest BCUT2D eigenvalue weighted by molar-refractivity contribution is 7.86. The molecule has 43 heavy (non-hydrogen) atoms. The number of carbonyl (C=O) groups is 1. The van der Waals surface area contributed by atoms with Gasteiger partial charge in [0.2, 0.25) is 0 Å². The van der Waals surface area contributed by atoms with Crippen molar-refractivity contribution in [2.75, 3.05) is 6.54 Å². The van der Waals surface area contributed by atoms with E-state index in [2.05, 4.69) is 4.98 Å². The molecule has 1 fully saturated rings. The lowest BCUT2D eigenvalue weighted by atomic mass is 9.98. The Morgan fingerprint density at radius 3 is 1.79 bits per heavy atom. The molecular weight excluding hydrogens is 594 g/mol. The second-order valence-corrected chi connectivity index (χ2v) is 13.0. The SMILES string of the molecule is Cc1ccc(S(=O)(=O)O)cc1.Cc1ccc(S(=O)(=O)O)cc1.NCCC[C@H]1C[C@]1(C(=O)O)c1cn(-c2ccccc2)cn1.